The molecule has 0 aliphatic carbocycles. The molecule has 0 unspecified atom stereocenters. The maximum atomic E-state index is 14.4. The van der Waals surface area contributed by atoms with Gasteiger partial charge in [-0.15, -0.1) is 5.10 Å². The van der Waals surface area contributed by atoms with Crippen LogP contribution >= 0.6 is 0 Å². The molecule has 0 fully saturated rings. The fraction of sp³-hybridized carbons (Fsp3) is 0.161. The zero-order chi connectivity index (χ0) is 27.5. The first-order valence-corrected chi connectivity index (χ1v) is 12.6. The SMILES string of the molecule is CCOC(=O)c1cnc2c(-c3ccc(F)c(F)c3)c(N=C(c3ccccc3)c3ccccc3)nn2c1C(C)C. The van der Waals surface area contributed by atoms with E-state index in [2.05, 4.69) is 4.98 Å². The van der Waals surface area contributed by atoms with Crippen LogP contribution in [0.5, 0.6) is 0 Å². The van der Waals surface area contributed by atoms with E-state index in [9.17, 15) is 13.6 Å². The molecule has 6 nitrogen and oxygen atoms in total. The van der Waals surface area contributed by atoms with E-state index >= 15 is 0 Å². The van der Waals surface area contributed by atoms with Crippen molar-refractivity contribution >= 4 is 23.1 Å². The fourth-order valence-corrected chi connectivity index (χ4v) is 4.49. The van der Waals surface area contributed by atoms with Crippen molar-refractivity contribution in [3.8, 4) is 11.1 Å². The number of ether oxygens (including phenoxy) is 1. The Morgan fingerprint density at radius 3 is 2.15 bits per heavy atom. The summed E-state index contributed by atoms with van der Waals surface area (Å²) in [6.45, 7) is 5.80. The Bertz CT molecular complexity index is 1640. The number of benzene rings is 3. The minimum Gasteiger partial charge on any atom is -0.462 e. The molecule has 2 heterocycles. The summed E-state index contributed by atoms with van der Waals surface area (Å²) in [5, 5.41) is 4.80. The Balaban J connectivity index is 1.86. The van der Waals surface area contributed by atoms with E-state index in [1.165, 1.54) is 12.3 Å². The summed E-state index contributed by atoms with van der Waals surface area (Å²) in [4.78, 5) is 22.3. The van der Waals surface area contributed by atoms with Crippen molar-refractivity contribution < 1.29 is 18.3 Å². The Labute approximate surface area is 224 Å². The van der Waals surface area contributed by atoms with Gasteiger partial charge in [-0.05, 0) is 30.5 Å². The highest BCUT2D eigenvalue weighted by molar-refractivity contribution is 6.14. The normalized spacial score (nSPS) is 11.1. The summed E-state index contributed by atoms with van der Waals surface area (Å²) in [5.41, 5.74) is 4.31. The zero-order valence-electron chi connectivity index (χ0n) is 21.7. The van der Waals surface area contributed by atoms with Crippen LogP contribution < -0.4 is 0 Å². The lowest BCUT2D eigenvalue weighted by Gasteiger charge is -2.13. The summed E-state index contributed by atoms with van der Waals surface area (Å²) >= 11 is 0. The van der Waals surface area contributed by atoms with Crippen molar-refractivity contribution in [2.45, 2.75) is 26.7 Å². The van der Waals surface area contributed by atoms with Gasteiger partial charge in [0.1, 0.15) is 0 Å². The van der Waals surface area contributed by atoms with Crippen molar-refractivity contribution in [3.63, 3.8) is 0 Å². The van der Waals surface area contributed by atoms with Crippen LogP contribution in [0.3, 0.4) is 0 Å². The van der Waals surface area contributed by atoms with E-state index in [0.29, 0.717) is 28.2 Å². The third-order valence-corrected chi connectivity index (χ3v) is 6.23. The first-order chi connectivity index (χ1) is 18.9. The molecular weight excluding hydrogens is 498 g/mol. The average molecular weight is 525 g/mol. The molecule has 8 heteroatoms. The minimum absolute atomic E-state index is 0.146. The van der Waals surface area contributed by atoms with Crippen LogP contribution in [0.15, 0.2) is 90.1 Å². The molecule has 0 aliphatic rings. The first kappa shape index (κ1) is 25.9. The number of aromatic nitrogens is 3. The van der Waals surface area contributed by atoms with E-state index in [0.717, 1.165) is 23.3 Å². The molecule has 0 saturated heterocycles. The highest BCUT2D eigenvalue weighted by Gasteiger charge is 2.25. The fourth-order valence-electron chi connectivity index (χ4n) is 4.49. The number of hydrogen-bond acceptors (Lipinski definition) is 5. The van der Waals surface area contributed by atoms with Gasteiger partial charge in [0.2, 0.25) is 0 Å². The maximum Gasteiger partial charge on any atom is 0.341 e. The number of esters is 1. The van der Waals surface area contributed by atoms with Gasteiger partial charge >= 0.3 is 5.97 Å². The molecule has 0 atom stereocenters. The van der Waals surface area contributed by atoms with Gasteiger partial charge in [-0.1, -0.05) is 80.6 Å². The van der Waals surface area contributed by atoms with Crippen molar-refractivity contribution in [1.82, 2.24) is 14.6 Å². The van der Waals surface area contributed by atoms with E-state index in [4.69, 9.17) is 14.8 Å². The zero-order valence-corrected chi connectivity index (χ0v) is 21.7. The summed E-state index contributed by atoms with van der Waals surface area (Å²) in [7, 11) is 0. The van der Waals surface area contributed by atoms with Gasteiger partial charge in [0, 0.05) is 17.3 Å². The highest BCUT2D eigenvalue weighted by Crippen LogP contribution is 2.37. The number of carbonyl (C=O) groups excluding carboxylic acids is 1. The van der Waals surface area contributed by atoms with Crippen molar-refractivity contribution in [2.24, 2.45) is 4.99 Å². The number of rotatable bonds is 7. The maximum absolute atomic E-state index is 14.4. The third-order valence-electron chi connectivity index (χ3n) is 6.23. The molecule has 2 aromatic heterocycles. The summed E-state index contributed by atoms with van der Waals surface area (Å²) in [6.07, 6.45) is 1.44. The molecule has 196 valence electrons. The van der Waals surface area contributed by atoms with Gasteiger partial charge < -0.3 is 4.74 Å². The van der Waals surface area contributed by atoms with Crippen LogP contribution in [-0.4, -0.2) is 32.9 Å². The number of carbonyl (C=O) groups is 1. The minimum atomic E-state index is -1.000. The summed E-state index contributed by atoms with van der Waals surface area (Å²) < 4.78 is 35.2. The summed E-state index contributed by atoms with van der Waals surface area (Å²) in [6, 6.07) is 22.9. The molecule has 5 rings (SSSR count). The standard InChI is InChI=1S/C31H26F2N4O2/c1-4-39-31(38)23-18-34-30-26(22-15-16-24(32)25(33)17-22)29(36-37(30)28(23)19(2)3)35-27(20-11-7-5-8-12-20)21-13-9-6-10-14-21/h5-19H,4H2,1-3H3. The van der Waals surface area contributed by atoms with E-state index in [1.54, 1.807) is 11.4 Å². The topological polar surface area (TPSA) is 68.8 Å². The summed E-state index contributed by atoms with van der Waals surface area (Å²) in [5.74, 6) is -2.37. The number of nitrogens with zero attached hydrogens (tertiary/aromatic N) is 4. The Morgan fingerprint density at radius 2 is 1.59 bits per heavy atom. The molecular formula is C31H26F2N4O2. The predicted octanol–water partition coefficient (Wildman–Crippen LogP) is 7.14. The second kappa shape index (κ2) is 10.9. The van der Waals surface area contributed by atoms with Gasteiger partial charge in [0.15, 0.2) is 23.1 Å². The van der Waals surface area contributed by atoms with E-state index < -0.39 is 17.6 Å². The molecule has 0 radical (unpaired) electrons. The smallest absolute Gasteiger partial charge is 0.341 e. The quantitative estimate of drug-likeness (QED) is 0.168. The number of aliphatic imine (C=N–C) groups is 1. The second-order valence-corrected chi connectivity index (χ2v) is 9.19. The van der Waals surface area contributed by atoms with Gasteiger partial charge in [-0.3, -0.25) is 0 Å². The molecule has 39 heavy (non-hydrogen) atoms. The van der Waals surface area contributed by atoms with Crippen LogP contribution in [0.25, 0.3) is 16.8 Å². The van der Waals surface area contributed by atoms with Crippen molar-refractivity contribution in [2.75, 3.05) is 6.61 Å². The number of fused-ring (bicyclic) bond motifs is 1. The van der Waals surface area contributed by atoms with Gasteiger partial charge in [-0.2, -0.15) is 0 Å². The van der Waals surface area contributed by atoms with Crippen LogP contribution in [0.2, 0.25) is 0 Å². The van der Waals surface area contributed by atoms with Gasteiger partial charge in [-0.25, -0.2) is 28.1 Å². The monoisotopic (exact) mass is 524 g/mol. The molecule has 0 amide bonds. The molecule has 0 saturated carbocycles. The lowest BCUT2D eigenvalue weighted by atomic mass is 10.0. The molecule has 0 bridgehead atoms. The third kappa shape index (κ3) is 5.05. The molecule has 3 aromatic carbocycles. The second-order valence-electron chi connectivity index (χ2n) is 9.19. The van der Waals surface area contributed by atoms with Gasteiger partial charge in [0.05, 0.1) is 29.1 Å². The van der Waals surface area contributed by atoms with Crippen LogP contribution in [0, 0.1) is 11.6 Å². The molecule has 0 N–H and O–H groups in total. The Hall–Kier alpha value is -4.72. The average Bonchev–Trinajstić information content (AvgIpc) is 3.31. The van der Waals surface area contributed by atoms with Crippen LogP contribution in [-0.2, 0) is 4.74 Å². The van der Waals surface area contributed by atoms with Crippen molar-refractivity contribution in [1.29, 1.82) is 0 Å². The highest BCUT2D eigenvalue weighted by atomic mass is 19.2. The van der Waals surface area contributed by atoms with Crippen molar-refractivity contribution in [3.05, 3.63) is 119 Å². The number of halogens is 2. The van der Waals surface area contributed by atoms with Gasteiger partial charge in [0.25, 0.3) is 0 Å². The Kier molecular flexibility index (Phi) is 7.27. The molecule has 5 aromatic rings. The largest absolute Gasteiger partial charge is 0.462 e. The Morgan fingerprint density at radius 1 is 0.949 bits per heavy atom. The van der Waals surface area contributed by atoms with Crippen LogP contribution in [0.1, 0.15) is 53.9 Å². The van der Waals surface area contributed by atoms with E-state index in [1.807, 2.05) is 74.5 Å². The lowest BCUT2D eigenvalue weighted by molar-refractivity contribution is 0.0523. The molecule has 0 aliphatic heterocycles. The molecule has 0 spiro atoms. The van der Waals surface area contributed by atoms with E-state index in [-0.39, 0.29) is 23.9 Å². The lowest BCUT2D eigenvalue weighted by Crippen LogP contribution is -2.14. The number of hydrogen-bond donors (Lipinski definition) is 0. The predicted molar refractivity (Wildman–Crippen MR) is 147 cm³/mol. The first-order valence-electron chi connectivity index (χ1n) is 12.6. The van der Waals surface area contributed by atoms with Crippen LogP contribution in [0.4, 0.5) is 14.6 Å².